The van der Waals surface area contributed by atoms with E-state index in [0.29, 0.717) is 16.9 Å². The molecule has 0 fully saturated rings. The number of rotatable bonds is 9. The first-order valence-electron chi connectivity index (χ1n) is 13.1. The van der Waals surface area contributed by atoms with Crippen LogP contribution in [0.2, 0.25) is 0 Å². The van der Waals surface area contributed by atoms with Crippen LogP contribution in [-0.2, 0) is 9.59 Å². The van der Waals surface area contributed by atoms with E-state index in [9.17, 15) is 14.4 Å². The molecule has 0 radical (unpaired) electrons. The number of thioether (sulfide) groups is 1. The number of para-hydroxylation sites is 1. The smallest absolute Gasteiger partial charge is 0.272 e. The summed E-state index contributed by atoms with van der Waals surface area (Å²) >= 11 is 4.77. The topological polar surface area (TPSA) is 103 Å². The quantitative estimate of drug-likeness (QED) is 0.0994. The van der Waals surface area contributed by atoms with Gasteiger partial charge in [-0.2, -0.15) is 0 Å². The van der Waals surface area contributed by atoms with Gasteiger partial charge in [0.25, 0.3) is 11.8 Å². The maximum atomic E-state index is 13.5. The Morgan fingerprint density at radius 3 is 2.36 bits per heavy atom. The van der Waals surface area contributed by atoms with Crippen molar-refractivity contribution in [2.45, 2.75) is 17.1 Å². The van der Waals surface area contributed by atoms with Crippen LogP contribution >= 0.6 is 27.7 Å². The van der Waals surface area contributed by atoms with Crippen molar-refractivity contribution >= 4 is 73.8 Å². The average molecular weight is 640 g/mol. The van der Waals surface area contributed by atoms with Crippen LogP contribution in [0.15, 0.2) is 124 Å². The molecule has 0 aliphatic rings. The van der Waals surface area contributed by atoms with Crippen molar-refractivity contribution in [3.05, 3.63) is 131 Å². The van der Waals surface area contributed by atoms with Crippen LogP contribution < -0.4 is 16.0 Å². The lowest BCUT2D eigenvalue weighted by Gasteiger charge is -2.14. The third-order valence-electron chi connectivity index (χ3n) is 6.34. The van der Waals surface area contributed by atoms with E-state index in [1.54, 1.807) is 48.7 Å². The van der Waals surface area contributed by atoms with E-state index >= 15 is 0 Å². The van der Waals surface area contributed by atoms with E-state index in [4.69, 9.17) is 0 Å². The molecule has 1 aromatic heterocycles. The number of benzene rings is 4. The predicted molar refractivity (Wildman–Crippen MR) is 173 cm³/mol. The Morgan fingerprint density at radius 2 is 1.57 bits per heavy atom. The number of nitrogens with one attached hydrogen (secondary N) is 4. The van der Waals surface area contributed by atoms with Crippen LogP contribution in [0.4, 0.5) is 11.4 Å². The highest BCUT2D eigenvalue weighted by Crippen LogP contribution is 2.27. The first kappa shape index (κ1) is 28.9. The van der Waals surface area contributed by atoms with Crippen LogP contribution in [0.3, 0.4) is 0 Å². The Bertz CT molecular complexity index is 1770. The molecule has 0 saturated heterocycles. The Hall–Kier alpha value is -4.60. The number of amides is 3. The molecule has 5 rings (SSSR count). The highest BCUT2D eigenvalue weighted by molar-refractivity contribution is 9.10. The van der Waals surface area contributed by atoms with Gasteiger partial charge in [-0.25, -0.2) is 0 Å². The highest BCUT2D eigenvalue weighted by atomic mass is 79.9. The molecule has 9 heteroatoms. The first-order valence-corrected chi connectivity index (χ1v) is 14.8. The van der Waals surface area contributed by atoms with Crippen molar-refractivity contribution in [3.8, 4) is 0 Å². The molecule has 5 aromatic rings. The molecule has 0 spiro atoms. The third kappa shape index (κ3) is 7.37. The van der Waals surface area contributed by atoms with Gasteiger partial charge in [-0.15, -0.1) is 11.8 Å². The molecule has 1 atom stereocenters. The van der Waals surface area contributed by atoms with Gasteiger partial charge < -0.3 is 20.9 Å². The fraction of sp³-hybridized carbons (Fsp3) is 0.0606. The molecule has 0 aliphatic carbocycles. The van der Waals surface area contributed by atoms with Gasteiger partial charge in [-0.1, -0.05) is 58.4 Å². The Kier molecular flexibility index (Phi) is 9.21. The monoisotopic (exact) mass is 638 g/mol. The minimum atomic E-state index is -0.479. The van der Waals surface area contributed by atoms with Crippen molar-refractivity contribution in [1.82, 2.24) is 10.3 Å². The second kappa shape index (κ2) is 13.4. The van der Waals surface area contributed by atoms with Gasteiger partial charge in [0.05, 0.1) is 5.25 Å². The van der Waals surface area contributed by atoms with E-state index in [-0.39, 0.29) is 16.9 Å². The second-order valence-electron chi connectivity index (χ2n) is 9.41. The van der Waals surface area contributed by atoms with E-state index in [1.807, 2.05) is 73.7 Å². The third-order valence-corrected chi connectivity index (χ3v) is 7.96. The van der Waals surface area contributed by atoms with E-state index in [2.05, 4.69) is 36.9 Å². The normalized spacial score (nSPS) is 12.0. The zero-order chi connectivity index (χ0) is 29.5. The van der Waals surface area contributed by atoms with E-state index < -0.39 is 11.8 Å². The molecule has 0 bridgehead atoms. The number of fused-ring (bicyclic) bond motifs is 1. The van der Waals surface area contributed by atoms with Gasteiger partial charge in [-0.3, -0.25) is 14.4 Å². The molecular formula is C33H27BrN4O3S. The number of H-pyrrole nitrogens is 1. The van der Waals surface area contributed by atoms with Crippen molar-refractivity contribution in [2.75, 3.05) is 10.6 Å². The number of aromatic amines is 1. The zero-order valence-corrected chi connectivity index (χ0v) is 25.0. The minimum absolute atomic E-state index is 0.0916. The second-order valence-corrected chi connectivity index (χ2v) is 11.7. The summed E-state index contributed by atoms with van der Waals surface area (Å²) < 4.78 is 0.931. The maximum Gasteiger partial charge on any atom is 0.272 e. The number of hydrogen-bond acceptors (Lipinski definition) is 4. The molecule has 4 N–H and O–H groups in total. The summed E-state index contributed by atoms with van der Waals surface area (Å²) in [7, 11) is 0. The van der Waals surface area contributed by atoms with Gasteiger partial charge in [0.1, 0.15) is 5.70 Å². The summed E-state index contributed by atoms with van der Waals surface area (Å²) in [4.78, 5) is 43.3. The molecule has 1 unspecified atom stereocenters. The van der Waals surface area contributed by atoms with Crippen LogP contribution in [0, 0.1) is 0 Å². The number of anilines is 2. The van der Waals surface area contributed by atoms with Gasteiger partial charge in [0, 0.05) is 49.0 Å². The van der Waals surface area contributed by atoms with Gasteiger partial charge >= 0.3 is 0 Å². The molecule has 0 saturated carbocycles. The molecule has 7 nitrogen and oxygen atoms in total. The summed E-state index contributed by atoms with van der Waals surface area (Å²) in [5, 5.41) is 9.13. The summed E-state index contributed by atoms with van der Waals surface area (Å²) in [6, 6.07) is 31.1. The first-order chi connectivity index (χ1) is 20.4. The molecule has 1 heterocycles. The molecule has 4 aromatic carbocycles. The van der Waals surface area contributed by atoms with Crippen LogP contribution in [0.5, 0.6) is 0 Å². The fourth-order valence-corrected chi connectivity index (χ4v) is 5.38. The van der Waals surface area contributed by atoms with E-state index in [1.165, 1.54) is 11.8 Å². The fourth-order valence-electron chi connectivity index (χ4n) is 4.19. The van der Waals surface area contributed by atoms with Crippen molar-refractivity contribution in [1.29, 1.82) is 0 Å². The number of hydrogen-bond donors (Lipinski definition) is 4. The number of aromatic nitrogens is 1. The lowest BCUT2D eigenvalue weighted by molar-refractivity contribution is -0.115. The number of halogens is 1. The molecular weight excluding hydrogens is 612 g/mol. The molecule has 0 aliphatic heterocycles. The molecule has 210 valence electrons. The van der Waals surface area contributed by atoms with Crippen LogP contribution in [-0.4, -0.2) is 28.0 Å². The molecule has 3 amide bonds. The largest absolute Gasteiger partial charge is 0.361 e. The van der Waals surface area contributed by atoms with Gasteiger partial charge in [-0.05, 0) is 73.7 Å². The maximum absolute atomic E-state index is 13.5. The Labute approximate surface area is 255 Å². The molecule has 42 heavy (non-hydrogen) atoms. The number of carbonyl (C=O) groups is 3. The lowest BCUT2D eigenvalue weighted by Crippen LogP contribution is -2.30. The van der Waals surface area contributed by atoms with Crippen molar-refractivity contribution < 1.29 is 14.4 Å². The van der Waals surface area contributed by atoms with E-state index in [0.717, 1.165) is 25.8 Å². The Morgan fingerprint density at radius 1 is 0.833 bits per heavy atom. The van der Waals surface area contributed by atoms with Crippen molar-refractivity contribution in [3.63, 3.8) is 0 Å². The Balaban J connectivity index is 1.33. The highest BCUT2D eigenvalue weighted by Gasteiger charge is 2.18. The lowest BCUT2D eigenvalue weighted by atomic mass is 10.1. The number of carbonyl (C=O) groups excluding carboxylic acids is 3. The standard InChI is InChI=1S/C33H27BrN4O3S/c1-21(31(39)36-25-16-14-24(34)15-17-25)42-27-11-7-10-26(19-27)37-33(41)30(38-32(40)22-8-3-2-4-9-22)18-23-20-35-29-13-6-5-12-28(23)29/h2-21,35H,1H3,(H,36,39)(H,37,41)(H,38,40)/b30-18-. The van der Waals surface area contributed by atoms with Crippen molar-refractivity contribution in [2.24, 2.45) is 0 Å². The minimum Gasteiger partial charge on any atom is -0.361 e. The van der Waals surface area contributed by atoms with Crippen LogP contribution in [0.25, 0.3) is 17.0 Å². The van der Waals surface area contributed by atoms with Crippen LogP contribution in [0.1, 0.15) is 22.8 Å². The summed E-state index contributed by atoms with van der Waals surface area (Å²) in [6.07, 6.45) is 3.45. The predicted octanol–water partition coefficient (Wildman–Crippen LogP) is 7.46. The summed E-state index contributed by atoms with van der Waals surface area (Å²) in [5.41, 5.74) is 3.45. The summed E-state index contributed by atoms with van der Waals surface area (Å²) in [5.74, 6) is -1.01. The van der Waals surface area contributed by atoms with Gasteiger partial charge in [0.2, 0.25) is 5.91 Å². The SMILES string of the molecule is CC(Sc1cccc(NC(=O)/C(=C/c2c[nH]c3ccccc23)NC(=O)c2ccccc2)c1)C(=O)Nc1ccc(Br)cc1. The van der Waals surface area contributed by atoms with Gasteiger partial charge in [0.15, 0.2) is 0 Å². The summed E-state index contributed by atoms with van der Waals surface area (Å²) in [6.45, 7) is 1.82. The zero-order valence-electron chi connectivity index (χ0n) is 22.6. The average Bonchev–Trinajstić information content (AvgIpc) is 3.41.